The van der Waals surface area contributed by atoms with Crippen molar-refractivity contribution in [2.45, 2.75) is 56.4 Å². The quantitative estimate of drug-likeness (QED) is 0.681. The van der Waals surface area contributed by atoms with Crippen LogP contribution in [0.15, 0.2) is 23.1 Å². The molecule has 2 fully saturated rings. The van der Waals surface area contributed by atoms with Crippen molar-refractivity contribution in [3.05, 3.63) is 29.3 Å². The number of likely N-dealkylation sites (tertiary alicyclic amines) is 1. The van der Waals surface area contributed by atoms with Gasteiger partial charge in [0.25, 0.3) is 5.91 Å². The number of piperidine rings is 1. The fraction of sp³-hybridized carbons (Fsp3) is 0.619. The Kier molecular flexibility index (Phi) is 6.63. The molecular formula is C21H30N2O5S. The highest BCUT2D eigenvalue weighted by Crippen LogP contribution is 2.35. The number of aryl methyl sites for hydroxylation is 1. The van der Waals surface area contributed by atoms with E-state index in [1.807, 2.05) is 4.90 Å². The standard InChI is InChI=1S/C21H30N2O5S/c1-15-10-11-17(29(26,27)22(2)3)13-18(15)21(25)28-14-20(24)23-12-6-8-16-7-4-5-9-19(16)23/h10-11,13,16,19H,4-9,12,14H2,1-3H3/t16-,19-/m1/s1. The first-order valence-corrected chi connectivity index (χ1v) is 11.7. The van der Waals surface area contributed by atoms with Crippen LogP contribution in [-0.4, -0.2) is 62.8 Å². The van der Waals surface area contributed by atoms with Gasteiger partial charge < -0.3 is 9.64 Å². The van der Waals surface area contributed by atoms with Gasteiger partial charge in [-0.3, -0.25) is 4.79 Å². The lowest BCUT2D eigenvalue weighted by Gasteiger charge is -2.44. The molecule has 1 saturated carbocycles. The van der Waals surface area contributed by atoms with Crippen LogP contribution < -0.4 is 0 Å². The number of benzene rings is 1. The smallest absolute Gasteiger partial charge is 0.338 e. The Labute approximate surface area is 173 Å². The molecule has 2 aliphatic rings. The molecule has 0 N–H and O–H groups in total. The molecule has 1 amide bonds. The van der Waals surface area contributed by atoms with Gasteiger partial charge in [-0.15, -0.1) is 0 Å². The Balaban J connectivity index is 1.68. The van der Waals surface area contributed by atoms with E-state index in [0.29, 0.717) is 18.0 Å². The molecule has 0 aromatic heterocycles. The normalized spacial score (nSPS) is 22.3. The van der Waals surface area contributed by atoms with Gasteiger partial charge in [0.2, 0.25) is 10.0 Å². The Bertz CT molecular complexity index is 879. The number of esters is 1. The average Bonchev–Trinajstić information content (AvgIpc) is 2.71. The highest BCUT2D eigenvalue weighted by atomic mass is 32.2. The van der Waals surface area contributed by atoms with Crippen LogP contribution in [0.1, 0.15) is 54.4 Å². The molecule has 1 saturated heterocycles. The number of amides is 1. The van der Waals surface area contributed by atoms with Crippen molar-refractivity contribution in [1.29, 1.82) is 0 Å². The zero-order chi connectivity index (χ0) is 21.2. The molecule has 1 aromatic rings. The molecular weight excluding hydrogens is 392 g/mol. The number of ether oxygens (including phenoxy) is 1. The average molecular weight is 423 g/mol. The molecule has 1 heterocycles. The van der Waals surface area contributed by atoms with Crippen molar-refractivity contribution in [1.82, 2.24) is 9.21 Å². The van der Waals surface area contributed by atoms with Gasteiger partial charge in [0, 0.05) is 26.7 Å². The lowest BCUT2D eigenvalue weighted by molar-refractivity contribution is -0.140. The summed E-state index contributed by atoms with van der Waals surface area (Å²) < 4.78 is 31.1. The van der Waals surface area contributed by atoms with Crippen molar-refractivity contribution in [2.75, 3.05) is 27.2 Å². The van der Waals surface area contributed by atoms with Gasteiger partial charge in [0.1, 0.15) is 0 Å². The topological polar surface area (TPSA) is 84.0 Å². The van der Waals surface area contributed by atoms with Gasteiger partial charge in [0.05, 0.1) is 10.5 Å². The van der Waals surface area contributed by atoms with E-state index in [-0.39, 0.29) is 29.0 Å². The molecule has 0 spiro atoms. The maximum absolute atomic E-state index is 12.7. The van der Waals surface area contributed by atoms with E-state index < -0.39 is 16.0 Å². The molecule has 7 nitrogen and oxygen atoms in total. The third-order valence-corrected chi connectivity index (χ3v) is 7.91. The Morgan fingerprint density at radius 3 is 2.55 bits per heavy atom. The predicted octanol–water partition coefficient (Wildman–Crippen LogP) is 2.58. The molecule has 160 valence electrons. The number of fused-ring (bicyclic) bond motifs is 1. The number of hydrogen-bond acceptors (Lipinski definition) is 5. The minimum Gasteiger partial charge on any atom is -0.452 e. The third-order valence-electron chi connectivity index (χ3n) is 6.10. The Hall–Kier alpha value is -1.93. The van der Waals surface area contributed by atoms with E-state index >= 15 is 0 Å². The second-order valence-electron chi connectivity index (χ2n) is 8.18. The van der Waals surface area contributed by atoms with E-state index in [2.05, 4.69) is 0 Å². The maximum Gasteiger partial charge on any atom is 0.338 e. The largest absolute Gasteiger partial charge is 0.452 e. The lowest BCUT2D eigenvalue weighted by Crippen LogP contribution is -2.50. The van der Waals surface area contributed by atoms with Gasteiger partial charge in [-0.05, 0) is 56.2 Å². The summed E-state index contributed by atoms with van der Waals surface area (Å²) in [5.74, 6) is -0.277. The minimum absolute atomic E-state index is 0.0208. The van der Waals surface area contributed by atoms with Gasteiger partial charge in [0.15, 0.2) is 6.61 Å². The van der Waals surface area contributed by atoms with Crippen molar-refractivity contribution >= 4 is 21.9 Å². The summed E-state index contributed by atoms with van der Waals surface area (Å²) in [4.78, 5) is 27.2. The number of carbonyl (C=O) groups excluding carboxylic acids is 2. The molecule has 0 radical (unpaired) electrons. The zero-order valence-electron chi connectivity index (χ0n) is 17.4. The number of carbonyl (C=O) groups is 2. The predicted molar refractivity (Wildman–Crippen MR) is 109 cm³/mol. The molecule has 29 heavy (non-hydrogen) atoms. The van der Waals surface area contributed by atoms with E-state index in [4.69, 9.17) is 4.74 Å². The highest BCUT2D eigenvalue weighted by Gasteiger charge is 2.36. The van der Waals surface area contributed by atoms with Crippen molar-refractivity contribution in [3.63, 3.8) is 0 Å². The second-order valence-corrected chi connectivity index (χ2v) is 10.3. The first-order valence-electron chi connectivity index (χ1n) is 10.2. The van der Waals surface area contributed by atoms with Gasteiger partial charge >= 0.3 is 5.97 Å². The van der Waals surface area contributed by atoms with Gasteiger partial charge in [-0.25, -0.2) is 17.5 Å². The number of hydrogen-bond donors (Lipinski definition) is 0. The van der Waals surface area contributed by atoms with Crippen LogP contribution in [0.2, 0.25) is 0 Å². The molecule has 1 aliphatic carbocycles. The molecule has 3 rings (SSSR count). The van der Waals surface area contributed by atoms with Crippen LogP contribution in [0, 0.1) is 12.8 Å². The minimum atomic E-state index is -3.66. The van der Waals surface area contributed by atoms with Gasteiger partial charge in [-0.1, -0.05) is 18.9 Å². The summed E-state index contributed by atoms with van der Waals surface area (Å²) in [6.45, 7) is 2.11. The van der Waals surface area contributed by atoms with Crippen LogP contribution in [-0.2, 0) is 19.6 Å². The first-order chi connectivity index (χ1) is 13.7. The number of rotatable bonds is 5. The molecule has 0 bridgehead atoms. The number of nitrogens with zero attached hydrogens (tertiary/aromatic N) is 2. The van der Waals surface area contributed by atoms with Crippen LogP contribution in [0.4, 0.5) is 0 Å². The van der Waals surface area contributed by atoms with Gasteiger partial charge in [-0.2, -0.15) is 0 Å². The highest BCUT2D eigenvalue weighted by molar-refractivity contribution is 7.89. The SMILES string of the molecule is Cc1ccc(S(=O)(=O)N(C)C)cc1C(=O)OCC(=O)N1CCC[C@H]2CCCC[C@H]21. The monoisotopic (exact) mass is 422 g/mol. The van der Waals surface area contributed by atoms with E-state index in [1.165, 1.54) is 45.5 Å². The summed E-state index contributed by atoms with van der Waals surface area (Å²) in [5.41, 5.74) is 0.764. The zero-order valence-corrected chi connectivity index (χ0v) is 18.2. The fourth-order valence-electron chi connectivity index (χ4n) is 4.41. The van der Waals surface area contributed by atoms with Crippen LogP contribution in [0.25, 0.3) is 0 Å². The van der Waals surface area contributed by atoms with E-state index in [0.717, 1.165) is 23.6 Å². The molecule has 2 atom stereocenters. The Morgan fingerprint density at radius 1 is 1.14 bits per heavy atom. The molecule has 1 aromatic carbocycles. The summed E-state index contributed by atoms with van der Waals surface area (Å²) in [6.07, 6.45) is 6.71. The summed E-state index contributed by atoms with van der Waals surface area (Å²) >= 11 is 0. The molecule has 0 unspecified atom stereocenters. The van der Waals surface area contributed by atoms with E-state index in [9.17, 15) is 18.0 Å². The molecule has 8 heteroatoms. The number of sulfonamides is 1. The van der Waals surface area contributed by atoms with Crippen LogP contribution in [0.5, 0.6) is 0 Å². The van der Waals surface area contributed by atoms with Crippen molar-refractivity contribution in [2.24, 2.45) is 5.92 Å². The second kappa shape index (κ2) is 8.83. The third kappa shape index (κ3) is 4.64. The lowest BCUT2D eigenvalue weighted by atomic mass is 9.78. The van der Waals surface area contributed by atoms with Crippen LogP contribution >= 0.6 is 0 Å². The first kappa shape index (κ1) is 21.8. The van der Waals surface area contributed by atoms with Crippen molar-refractivity contribution < 1.29 is 22.7 Å². The maximum atomic E-state index is 12.7. The van der Waals surface area contributed by atoms with E-state index in [1.54, 1.807) is 13.0 Å². The molecule has 1 aliphatic heterocycles. The fourth-order valence-corrected chi connectivity index (χ4v) is 5.34. The summed E-state index contributed by atoms with van der Waals surface area (Å²) in [5, 5.41) is 0. The van der Waals surface area contributed by atoms with Crippen molar-refractivity contribution in [3.8, 4) is 0 Å². The summed E-state index contributed by atoms with van der Waals surface area (Å²) in [7, 11) is -0.794. The Morgan fingerprint density at radius 2 is 1.83 bits per heavy atom. The summed E-state index contributed by atoms with van der Waals surface area (Å²) in [6, 6.07) is 4.62. The van der Waals surface area contributed by atoms with Crippen LogP contribution in [0.3, 0.4) is 0 Å².